The molecule has 7 nitrogen and oxygen atoms in total. The van der Waals surface area contributed by atoms with Crippen LogP contribution < -0.4 is 5.32 Å². The van der Waals surface area contributed by atoms with E-state index in [0.717, 1.165) is 0 Å². The first kappa shape index (κ1) is 16.2. The lowest BCUT2D eigenvalue weighted by Gasteiger charge is -2.24. The molecule has 0 heterocycles. The topological polar surface area (TPSA) is 103 Å². The van der Waals surface area contributed by atoms with E-state index >= 15 is 0 Å². The van der Waals surface area contributed by atoms with Crippen molar-refractivity contribution in [1.29, 1.82) is 5.26 Å². The Bertz CT molecular complexity index is 380. The number of hydrogen-bond donors (Lipinski definition) is 2. The number of rotatable bonds is 7. The monoisotopic (exact) mass is 283 g/mol. The van der Waals surface area contributed by atoms with E-state index < -0.39 is 5.97 Å². The number of carboxylic acid groups (broad SMARTS) is 1. The Morgan fingerprint density at radius 3 is 2.75 bits per heavy atom. The average molecular weight is 283 g/mol. The van der Waals surface area contributed by atoms with Crippen molar-refractivity contribution in [3.8, 4) is 6.07 Å². The number of urea groups is 1. The van der Waals surface area contributed by atoms with Crippen LogP contribution in [0.15, 0.2) is 0 Å². The van der Waals surface area contributed by atoms with Crippen LogP contribution in [0.4, 0.5) is 4.79 Å². The summed E-state index contributed by atoms with van der Waals surface area (Å²) in [6, 6.07) is 1.65. The molecular formula is C13H21N3O4. The number of nitriles is 1. The number of methoxy groups -OCH3 is 1. The van der Waals surface area contributed by atoms with E-state index in [1.807, 2.05) is 6.07 Å². The lowest BCUT2D eigenvalue weighted by Crippen LogP contribution is -2.45. The van der Waals surface area contributed by atoms with E-state index in [0.29, 0.717) is 39.0 Å². The molecule has 2 N–H and O–H groups in total. The molecule has 1 rings (SSSR count). The first-order valence-corrected chi connectivity index (χ1v) is 6.72. The van der Waals surface area contributed by atoms with Crippen LogP contribution in [0.25, 0.3) is 0 Å². The van der Waals surface area contributed by atoms with Gasteiger partial charge in [-0.05, 0) is 19.3 Å². The second-order valence-corrected chi connectivity index (χ2v) is 4.88. The highest BCUT2D eigenvalue weighted by atomic mass is 16.5. The minimum Gasteiger partial charge on any atom is -0.481 e. The summed E-state index contributed by atoms with van der Waals surface area (Å²) in [5, 5.41) is 20.4. The Labute approximate surface area is 118 Å². The van der Waals surface area contributed by atoms with E-state index in [1.165, 1.54) is 4.90 Å². The van der Waals surface area contributed by atoms with E-state index in [2.05, 4.69) is 5.32 Å². The Morgan fingerprint density at radius 2 is 2.20 bits per heavy atom. The molecule has 0 radical (unpaired) electrons. The second kappa shape index (κ2) is 8.38. The van der Waals surface area contributed by atoms with Crippen molar-refractivity contribution in [3.63, 3.8) is 0 Å². The summed E-state index contributed by atoms with van der Waals surface area (Å²) in [4.78, 5) is 24.5. The number of ether oxygens (including phenoxy) is 1. The first-order valence-electron chi connectivity index (χ1n) is 6.72. The summed E-state index contributed by atoms with van der Waals surface area (Å²) < 4.78 is 4.94. The lowest BCUT2D eigenvalue weighted by atomic mass is 10.1. The Morgan fingerprint density at radius 1 is 1.45 bits per heavy atom. The van der Waals surface area contributed by atoms with Gasteiger partial charge in [0.1, 0.15) is 0 Å². The van der Waals surface area contributed by atoms with Gasteiger partial charge in [0.2, 0.25) is 0 Å². The van der Waals surface area contributed by atoms with Crippen LogP contribution in [0.5, 0.6) is 0 Å². The van der Waals surface area contributed by atoms with Crippen LogP contribution in [0.2, 0.25) is 0 Å². The summed E-state index contributed by atoms with van der Waals surface area (Å²) in [5.74, 6) is -1.17. The van der Waals surface area contributed by atoms with Crippen LogP contribution >= 0.6 is 0 Å². The fraction of sp³-hybridized carbons (Fsp3) is 0.769. The summed E-state index contributed by atoms with van der Waals surface area (Å²) >= 11 is 0. The number of nitrogens with zero attached hydrogens (tertiary/aromatic N) is 2. The Kier molecular flexibility index (Phi) is 6.81. The third-order valence-corrected chi connectivity index (χ3v) is 3.46. The van der Waals surface area contributed by atoms with E-state index in [4.69, 9.17) is 15.1 Å². The number of hydrogen-bond acceptors (Lipinski definition) is 4. The molecule has 1 fully saturated rings. The van der Waals surface area contributed by atoms with E-state index in [1.54, 1.807) is 7.11 Å². The minimum absolute atomic E-state index is 0.101. The van der Waals surface area contributed by atoms with Crippen molar-refractivity contribution in [2.45, 2.75) is 31.7 Å². The zero-order valence-corrected chi connectivity index (χ0v) is 11.7. The van der Waals surface area contributed by atoms with Crippen LogP contribution in [0, 0.1) is 17.2 Å². The predicted octanol–water partition coefficient (Wildman–Crippen LogP) is 0.811. The number of aliphatic carboxylic acids is 1. The molecule has 1 aliphatic rings. The van der Waals surface area contributed by atoms with Crippen LogP contribution in [-0.4, -0.2) is 54.9 Å². The summed E-state index contributed by atoms with van der Waals surface area (Å²) in [7, 11) is 1.55. The van der Waals surface area contributed by atoms with Crippen molar-refractivity contribution < 1.29 is 19.4 Å². The first-order chi connectivity index (χ1) is 9.58. The van der Waals surface area contributed by atoms with Gasteiger partial charge in [0, 0.05) is 26.2 Å². The highest BCUT2D eigenvalue weighted by molar-refractivity contribution is 5.75. The maximum Gasteiger partial charge on any atom is 0.317 e. The number of carboxylic acids is 1. The van der Waals surface area contributed by atoms with Gasteiger partial charge < -0.3 is 20.1 Å². The van der Waals surface area contributed by atoms with Crippen molar-refractivity contribution in [2.24, 2.45) is 5.92 Å². The summed E-state index contributed by atoms with van der Waals surface area (Å²) in [6.45, 7) is 1.17. The van der Waals surface area contributed by atoms with Gasteiger partial charge in [-0.3, -0.25) is 4.79 Å². The van der Waals surface area contributed by atoms with Crippen LogP contribution in [0.3, 0.4) is 0 Å². The Balaban J connectivity index is 2.45. The van der Waals surface area contributed by atoms with Gasteiger partial charge in [0.15, 0.2) is 0 Å². The molecule has 0 aromatic carbocycles. The molecule has 2 atom stereocenters. The highest BCUT2D eigenvalue weighted by Gasteiger charge is 2.31. The molecule has 0 unspecified atom stereocenters. The van der Waals surface area contributed by atoms with Gasteiger partial charge in [-0.1, -0.05) is 0 Å². The molecule has 1 saturated carbocycles. The SMILES string of the molecule is COCCN(CCC#N)C(=O)N[C@H]1CC[C@@H](C(=O)O)C1. The standard InChI is InChI=1S/C13H21N3O4/c1-20-8-7-16(6-2-5-14)13(19)15-11-4-3-10(9-11)12(17)18/h10-11H,2-4,6-9H2,1H3,(H,15,19)(H,17,18)/t10-,11+/m1/s1. The fourth-order valence-corrected chi connectivity index (χ4v) is 2.30. The van der Waals surface area contributed by atoms with Crippen molar-refractivity contribution in [3.05, 3.63) is 0 Å². The molecule has 1 aliphatic carbocycles. The third-order valence-electron chi connectivity index (χ3n) is 3.46. The van der Waals surface area contributed by atoms with Gasteiger partial charge >= 0.3 is 12.0 Å². The molecule has 7 heteroatoms. The quantitative estimate of drug-likeness (QED) is 0.719. The fourth-order valence-electron chi connectivity index (χ4n) is 2.30. The molecule has 0 bridgehead atoms. The van der Waals surface area contributed by atoms with Crippen LogP contribution in [0.1, 0.15) is 25.7 Å². The maximum atomic E-state index is 12.1. The summed E-state index contributed by atoms with van der Waals surface area (Å²) in [5.41, 5.74) is 0. The number of nitrogens with one attached hydrogen (secondary N) is 1. The highest BCUT2D eigenvalue weighted by Crippen LogP contribution is 2.25. The zero-order valence-electron chi connectivity index (χ0n) is 11.7. The molecule has 112 valence electrons. The number of carbonyl (C=O) groups is 2. The lowest BCUT2D eigenvalue weighted by molar-refractivity contribution is -0.141. The van der Waals surface area contributed by atoms with Gasteiger partial charge in [-0.15, -0.1) is 0 Å². The van der Waals surface area contributed by atoms with Gasteiger partial charge in [0.05, 0.1) is 25.0 Å². The molecule has 0 spiro atoms. The normalized spacial score (nSPS) is 21.2. The van der Waals surface area contributed by atoms with Crippen molar-refractivity contribution in [1.82, 2.24) is 10.2 Å². The molecule has 20 heavy (non-hydrogen) atoms. The largest absolute Gasteiger partial charge is 0.481 e. The molecule has 0 aliphatic heterocycles. The molecule has 0 aromatic heterocycles. The Hall–Kier alpha value is -1.81. The van der Waals surface area contributed by atoms with Crippen molar-refractivity contribution in [2.75, 3.05) is 26.8 Å². The van der Waals surface area contributed by atoms with Crippen molar-refractivity contribution >= 4 is 12.0 Å². The number of amides is 2. The van der Waals surface area contributed by atoms with Gasteiger partial charge in [-0.25, -0.2) is 4.79 Å². The van der Waals surface area contributed by atoms with E-state index in [9.17, 15) is 9.59 Å². The average Bonchev–Trinajstić information content (AvgIpc) is 2.87. The summed E-state index contributed by atoms with van der Waals surface area (Å²) in [6.07, 6.45) is 2.01. The maximum absolute atomic E-state index is 12.1. The molecular weight excluding hydrogens is 262 g/mol. The second-order valence-electron chi connectivity index (χ2n) is 4.88. The smallest absolute Gasteiger partial charge is 0.317 e. The third kappa shape index (κ3) is 5.05. The zero-order chi connectivity index (χ0) is 15.0. The predicted molar refractivity (Wildman–Crippen MR) is 71.0 cm³/mol. The molecule has 0 saturated heterocycles. The van der Waals surface area contributed by atoms with E-state index in [-0.39, 0.29) is 24.4 Å². The van der Waals surface area contributed by atoms with Gasteiger partial charge in [0.25, 0.3) is 0 Å². The number of carbonyl (C=O) groups excluding carboxylic acids is 1. The molecule has 0 aromatic rings. The van der Waals surface area contributed by atoms with Crippen LogP contribution in [-0.2, 0) is 9.53 Å². The minimum atomic E-state index is -0.803. The molecule has 2 amide bonds. The van der Waals surface area contributed by atoms with Gasteiger partial charge in [-0.2, -0.15) is 5.26 Å².